The molecule has 0 aromatic carbocycles. The van der Waals surface area contributed by atoms with Gasteiger partial charge < -0.3 is 14.9 Å². The van der Waals surface area contributed by atoms with Gasteiger partial charge in [0.2, 0.25) is 0 Å². The fourth-order valence-corrected chi connectivity index (χ4v) is 1.90. The van der Waals surface area contributed by atoms with Gasteiger partial charge in [-0.3, -0.25) is 4.90 Å². The summed E-state index contributed by atoms with van der Waals surface area (Å²) in [5.41, 5.74) is 5.47. The third-order valence-electron chi connectivity index (χ3n) is 2.83. The van der Waals surface area contributed by atoms with Gasteiger partial charge in [0.1, 0.15) is 11.5 Å². The van der Waals surface area contributed by atoms with Crippen LogP contribution in [-0.4, -0.2) is 37.7 Å². The molecule has 0 saturated carbocycles. The normalized spacial score (nSPS) is 17.8. The molecule has 90 valence electrons. The molecule has 0 aliphatic carbocycles. The first-order valence-corrected chi connectivity index (χ1v) is 5.96. The van der Waals surface area contributed by atoms with Gasteiger partial charge in [0, 0.05) is 19.5 Å². The first kappa shape index (κ1) is 11.6. The summed E-state index contributed by atoms with van der Waals surface area (Å²) in [6.07, 6.45) is 1.93. The number of hydrogen-bond donors (Lipinski definition) is 1. The van der Waals surface area contributed by atoms with Crippen molar-refractivity contribution < 1.29 is 9.15 Å². The molecule has 4 heteroatoms. The van der Waals surface area contributed by atoms with Crippen LogP contribution in [0.5, 0.6) is 0 Å². The number of aryl methyl sites for hydroxylation is 1. The Balaban J connectivity index is 1.81. The van der Waals surface area contributed by atoms with Gasteiger partial charge >= 0.3 is 0 Å². The fraction of sp³-hybridized carbons (Fsp3) is 0.667. The minimum atomic E-state index is 0.722. The van der Waals surface area contributed by atoms with Crippen LogP contribution in [0.25, 0.3) is 0 Å². The second-order valence-electron chi connectivity index (χ2n) is 4.15. The summed E-state index contributed by atoms with van der Waals surface area (Å²) >= 11 is 0. The lowest BCUT2D eigenvalue weighted by molar-refractivity contribution is 0.0312. The van der Waals surface area contributed by atoms with E-state index in [1.807, 2.05) is 0 Å². The van der Waals surface area contributed by atoms with Crippen LogP contribution >= 0.6 is 0 Å². The molecular formula is C12H20N2O2. The fourth-order valence-electron chi connectivity index (χ4n) is 1.90. The molecule has 2 rings (SSSR count). The minimum absolute atomic E-state index is 0.722. The van der Waals surface area contributed by atoms with Crippen LogP contribution in [-0.2, 0) is 17.7 Å². The van der Waals surface area contributed by atoms with Crippen molar-refractivity contribution in [3.05, 3.63) is 23.7 Å². The standard InChI is InChI=1S/C12H20N2O2/c13-5-1-2-11-3-4-12(16-11)10-14-6-8-15-9-7-14/h3-4H,1-2,5-10,13H2. The van der Waals surface area contributed by atoms with Crippen molar-refractivity contribution >= 4 is 0 Å². The molecule has 0 unspecified atom stereocenters. The molecule has 1 aliphatic heterocycles. The average Bonchev–Trinajstić information content (AvgIpc) is 2.75. The van der Waals surface area contributed by atoms with E-state index in [0.717, 1.165) is 63.8 Å². The zero-order chi connectivity index (χ0) is 11.2. The highest BCUT2D eigenvalue weighted by Gasteiger charge is 2.12. The Bertz CT molecular complexity index is 306. The van der Waals surface area contributed by atoms with Gasteiger partial charge in [-0.1, -0.05) is 0 Å². The molecule has 1 aliphatic rings. The Morgan fingerprint density at radius 3 is 2.69 bits per heavy atom. The van der Waals surface area contributed by atoms with Crippen LogP contribution in [0.15, 0.2) is 16.5 Å². The van der Waals surface area contributed by atoms with E-state index in [1.165, 1.54) is 0 Å². The molecule has 1 fully saturated rings. The summed E-state index contributed by atoms with van der Waals surface area (Å²) in [4.78, 5) is 2.36. The topological polar surface area (TPSA) is 51.6 Å². The van der Waals surface area contributed by atoms with E-state index < -0.39 is 0 Å². The first-order valence-electron chi connectivity index (χ1n) is 5.96. The zero-order valence-electron chi connectivity index (χ0n) is 9.65. The maximum atomic E-state index is 5.75. The third-order valence-corrected chi connectivity index (χ3v) is 2.83. The van der Waals surface area contributed by atoms with E-state index in [9.17, 15) is 0 Å². The van der Waals surface area contributed by atoms with Crippen molar-refractivity contribution in [3.8, 4) is 0 Å². The summed E-state index contributed by atoms with van der Waals surface area (Å²) in [6, 6.07) is 4.13. The molecule has 1 saturated heterocycles. The molecular weight excluding hydrogens is 204 g/mol. The van der Waals surface area contributed by atoms with Crippen LogP contribution in [0, 0.1) is 0 Å². The van der Waals surface area contributed by atoms with Gasteiger partial charge in [-0.2, -0.15) is 0 Å². The van der Waals surface area contributed by atoms with Crippen molar-refractivity contribution in [2.75, 3.05) is 32.8 Å². The number of morpholine rings is 1. The molecule has 0 radical (unpaired) electrons. The monoisotopic (exact) mass is 224 g/mol. The zero-order valence-corrected chi connectivity index (χ0v) is 9.65. The number of furan rings is 1. The summed E-state index contributed by atoms with van der Waals surface area (Å²) in [5, 5.41) is 0. The predicted molar refractivity (Wildman–Crippen MR) is 62.2 cm³/mol. The number of hydrogen-bond acceptors (Lipinski definition) is 4. The largest absolute Gasteiger partial charge is 0.465 e. The maximum absolute atomic E-state index is 5.75. The van der Waals surface area contributed by atoms with Gasteiger partial charge in [-0.25, -0.2) is 0 Å². The molecule has 0 amide bonds. The highest BCUT2D eigenvalue weighted by molar-refractivity contribution is 5.07. The van der Waals surface area contributed by atoms with Crippen molar-refractivity contribution in [3.63, 3.8) is 0 Å². The molecule has 0 bridgehead atoms. The molecule has 2 N–H and O–H groups in total. The van der Waals surface area contributed by atoms with E-state index in [1.54, 1.807) is 0 Å². The third kappa shape index (κ3) is 3.33. The second-order valence-corrected chi connectivity index (χ2v) is 4.15. The maximum Gasteiger partial charge on any atom is 0.118 e. The van der Waals surface area contributed by atoms with E-state index in [0.29, 0.717) is 0 Å². The Hall–Kier alpha value is -0.840. The first-order chi connectivity index (χ1) is 7.88. The number of rotatable bonds is 5. The van der Waals surface area contributed by atoms with Gasteiger partial charge in [0.05, 0.1) is 19.8 Å². The molecule has 1 aromatic rings. The van der Waals surface area contributed by atoms with E-state index >= 15 is 0 Å². The molecule has 0 atom stereocenters. The van der Waals surface area contributed by atoms with Crippen molar-refractivity contribution in [2.45, 2.75) is 19.4 Å². The molecule has 16 heavy (non-hydrogen) atoms. The number of nitrogens with two attached hydrogens (primary N) is 1. The van der Waals surface area contributed by atoms with Crippen LogP contribution in [0.4, 0.5) is 0 Å². The highest BCUT2D eigenvalue weighted by atomic mass is 16.5. The SMILES string of the molecule is NCCCc1ccc(CN2CCOCC2)o1. The van der Waals surface area contributed by atoms with Crippen molar-refractivity contribution in [2.24, 2.45) is 5.73 Å². The lowest BCUT2D eigenvalue weighted by Gasteiger charge is -2.25. The summed E-state index contributed by atoms with van der Waals surface area (Å²) in [5.74, 6) is 2.10. The van der Waals surface area contributed by atoms with Crippen LogP contribution in [0.1, 0.15) is 17.9 Å². The van der Waals surface area contributed by atoms with Gasteiger partial charge in [-0.05, 0) is 25.1 Å². The molecule has 2 heterocycles. The number of nitrogens with zero attached hydrogens (tertiary/aromatic N) is 1. The minimum Gasteiger partial charge on any atom is -0.465 e. The van der Waals surface area contributed by atoms with Crippen molar-refractivity contribution in [1.82, 2.24) is 4.90 Å². The summed E-state index contributed by atoms with van der Waals surface area (Å²) < 4.78 is 11.1. The predicted octanol–water partition coefficient (Wildman–Crippen LogP) is 1.00. The Morgan fingerprint density at radius 2 is 1.94 bits per heavy atom. The molecule has 4 nitrogen and oxygen atoms in total. The van der Waals surface area contributed by atoms with E-state index in [-0.39, 0.29) is 0 Å². The van der Waals surface area contributed by atoms with E-state index in [4.69, 9.17) is 14.9 Å². The van der Waals surface area contributed by atoms with Gasteiger partial charge in [0.25, 0.3) is 0 Å². The smallest absolute Gasteiger partial charge is 0.118 e. The Kier molecular flexibility index (Phi) is 4.39. The van der Waals surface area contributed by atoms with E-state index in [2.05, 4.69) is 17.0 Å². The number of ether oxygens (including phenoxy) is 1. The Labute approximate surface area is 96.4 Å². The second kappa shape index (κ2) is 6.03. The highest BCUT2D eigenvalue weighted by Crippen LogP contribution is 2.12. The van der Waals surface area contributed by atoms with Crippen molar-refractivity contribution in [1.29, 1.82) is 0 Å². The summed E-state index contributed by atoms with van der Waals surface area (Å²) in [6.45, 7) is 5.28. The lowest BCUT2D eigenvalue weighted by Crippen LogP contribution is -2.35. The molecule has 0 spiro atoms. The molecule has 1 aromatic heterocycles. The summed E-state index contributed by atoms with van der Waals surface area (Å²) in [7, 11) is 0. The Morgan fingerprint density at radius 1 is 1.19 bits per heavy atom. The van der Waals surface area contributed by atoms with Crippen LogP contribution in [0.2, 0.25) is 0 Å². The van der Waals surface area contributed by atoms with Crippen LogP contribution in [0.3, 0.4) is 0 Å². The average molecular weight is 224 g/mol. The van der Waals surface area contributed by atoms with Gasteiger partial charge in [0.15, 0.2) is 0 Å². The lowest BCUT2D eigenvalue weighted by atomic mass is 10.2. The quantitative estimate of drug-likeness (QED) is 0.810. The van der Waals surface area contributed by atoms with Gasteiger partial charge in [-0.15, -0.1) is 0 Å². The van der Waals surface area contributed by atoms with Crippen LogP contribution < -0.4 is 5.73 Å².